The number of aliphatic hydroxyl groups excluding tert-OH is 1. The van der Waals surface area contributed by atoms with Gasteiger partial charge in [0.15, 0.2) is 0 Å². The standard InChI is InChI=1S/C10H20O2/c1-4-6-7-8-9(11)10(3,12)5-2/h4,9,11-12H,1,5-8H2,2-3H3. The van der Waals surface area contributed by atoms with Crippen LogP contribution in [0.4, 0.5) is 0 Å². The highest BCUT2D eigenvalue weighted by atomic mass is 16.3. The summed E-state index contributed by atoms with van der Waals surface area (Å²) in [6, 6.07) is 0. The molecule has 0 aliphatic carbocycles. The Kier molecular flexibility index (Phi) is 5.18. The molecule has 12 heavy (non-hydrogen) atoms. The van der Waals surface area contributed by atoms with E-state index < -0.39 is 11.7 Å². The lowest BCUT2D eigenvalue weighted by Gasteiger charge is -2.27. The maximum absolute atomic E-state index is 9.62. The molecule has 2 heteroatoms. The van der Waals surface area contributed by atoms with Crippen molar-refractivity contribution in [1.29, 1.82) is 0 Å². The topological polar surface area (TPSA) is 40.5 Å². The third-order valence-electron chi connectivity index (χ3n) is 2.32. The molecule has 0 aromatic rings. The van der Waals surface area contributed by atoms with E-state index in [0.717, 1.165) is 12.8 Å². The number of hydrogen-bond acceptors (Lipinski definition) is 2. The smallest absolute Gasteiger partial charge is 0.0874 e. The van der Waals surface area contributed by atoms with Crippen LogP contribution in [0, 0.1) is 0 Å². The molecule has 2 unspecified atom stereocenters. The van der Waals surface area contributed by atoms with Crippen molar-refractivity contribution in [2.75, 3.05) is 0 Å². The second-order valence-corrected chi connectivity index (χ2v) is 3.45. The van der Waals surface area contributed by atoms with Gasteiger partial charge in [-0.15, -0.1) is 6.58 Å². The number of aliphatic hydroxyl groups is 2. The molecule has 0 bridgehead atoms. The van der Waals surface area contributed by atoms with Crippen molar-refractivity contribution in [1.82, 2.24) is 0 Å². The van der Waals surface area contributed by atoms with E-state index in [2.05, 4.69) is 6.58 Å². The zero-order valence-corrected chi connectivity index (χ0v) is 8.08. The molecule has 0 aromatic carbocycles. The second-order valence-electron chi connectivity index (χ2n) is 3.45. The molecule has 0 rings (SSSR count). The lowest BCUT2D eigenvalue weighted by atomic mass is 9.92. The Balaban J connectivity index is 3.70. The normalized spacial score (nSPS) is 18.3. The van der Waals surface area contributed by atoms with E-state index in [1.807, 2.05) is 13.0 Å². The molecule has 0 aliphatic heterocycles. The molecule has 72 valence electrons. The van der Waals surface area contributed by atoms with Crippen molar-refractivity contribution in [3.05, 3.63) is 12.7 Å². The summed E-state index contributed by atoms with van der Waals surface area (Å²) < 4.78 is 0. The maximum Gasteiger partial charge on any atom is 0.0874 e. The molecular formula is C10H20O2. The van der Waals surface area contributed by atoms with Crippen LogP contribution >= 0.6 is 0 Å². The SMILES string of the molecule is C=CCCCC(O)C(C)(O)CC. The van der Waals surface area contributed by atoms with Gasteiger partial charge < -0.3 is 10.2 Å². The van der Waals surface area contributed by atoms with Gasteiger partial charge in [-0.25, -0.2) is 0 Å². The minimum absolute atomic E-state index is 0.586. The first-order chi connectivity index (χ1) is 5.54. The molecule has 2 nitrogen and oxygen atoms in total. The lowest BCUT2D eigenvalue weighted by molar-refractivity contribution is -0.0675. The van der Waals surface area contributed by atoms with E-state index >= 15 is 0 Å². The van der Waals surface area contributed by atoms with Gasteiger partial charge in [-0.1, -0.05) is 13.0 Å². The molecular weight excluding hydrogens is 152 g/mol. The Bertz CT molecular complexity index is 130. The predicted octanol–water partition coefficient (Wildman–Crippen LogP) is 1.86. The van der Waals surface area contributed by atoms with E-state index in [0.29, 0.717) is 12.8 Å². The fourth-order valence-corrected chi connectivity index (χ4v) is 1.00. The molecule has 0 heterocycles. The minimum atomic E-state index is -0.929. The average Bonchev–Trinajstić information content (AvgIpc) is 2.05. The Morgan fingerprint density at radius 3 is 2.58 bits per heavy atom. The second kappa shape index (κ2) is 5.33. The third kappa shape index (κ3) is 3.88. The van der Waals surface area contributed by atoms with Gasteiger partial charge >= 0.3 is 0 Å². The lowest BCUT2D eigenvalue weighted by Crippen LogP contribution is -2.38. The van der Waals surface area contributed by atoms with Crippen LogP contribution in [0.3, 0.4) is 0 Å². The first-order valence-electron chi connectivity index (χ1n) is 4.56. The Morgan fingerprint density at radius 1 is 1.58 bits per heavy atom. The highest BCUT2D eigenvalue weighted by Crippen LogP contribution is 2.18. The molecule has 0 radical (unpaired) electrons. The van der Waals surface area contributed by atoms with Crippen LogP contribution in [0.15, 0.2) is 12.7 Å². The number of unbranched alkanes of at least 4 members (excludes halogenated alkanes) is 1. The van der Waals surface area contributed by atoms with Gasteiger partial charge in [0, 0.05) is 0 Å². The Hall–Kier alpha value is -0.340. The van der Waals surface area contributed by atoms with Crippen molar-refractivity contribution in [3.8, 4) is 0 Å². The van der Waals surface area contributed by atoms with Gasteiger partial charge in [0.05, 0.1) is 11.7 Å². The quantitative estimate of drug-likeness (QED) is 0.474. The Morgan fingerprint density at radius 2 is 2.17 bits per heavy atom. The van der Waals surface area contributed by atoms with Crippen molar-refractivity contribution in [2.24, 2.45) is 0 Å². The summed E-state index contributed by atoms with van der Waals surface area (Å²) in [5.41, 5.74) is -0.929. The summed E-state index contributed by atoms with van der Waals surface area (Å²) in [6.45, 7) is 7.14. The minimum Gasteiger partial charge on any atom is -0.390 e. The van der Waals surface area contributed by atoms with E-state index in [-0.39, 0.29) is 0 Å². The summed E-state index contributed by atoms with van der Waals surface area (Å²) in [5.74, 6) is 0. The fourth-order valence-electron chi connectivity index (χ4n) is 1.00. The van der Waals surface area contributed by atoms with Crippen molar-refractivity contribution in [2.45, 2.75) is 51.2 Å². The summed E-state index contributed by atoms with van der Waals surface area (Å²) in [6.07, 6.45) is 4.24. The van der Waals surface area contributed by atoms with Crippen molar-refractivity contribution >= 4 is 0 Å². The highest BCUT2D eigenvalue weighted by Gasteiger charge is 2.27. The van der Waals surface area contributed by atoms with Crippen molar-refractivity contribution in [3.63, 3.8) is 0 Å². The third-order valence-corrected chi connectivity index (χ3v) is 2.32. The van der Waals surface area contributed by atoms with E-state index in [1.54, 1.807) is 6.92 Å². The summed E-state index contributed by atoms with van der Waals surface area (Å²) in [7, 11) is 0. The van der Waals surface area contributed by atoms with Gasteiger partial charge in [0.1, 0.15) is 0 Å². The zero-order chi connectivity index (χ0) is 9.61. The van der Waals surface area contributed by atoms with Gasteiger partial charge in [-0.3, -0.25) is 0 Å². The fraction of sp³-hybridized carbons (Fsp3) is 0.800. The van der Waals surface area contributed by atoms with E-state index in [1.165, 1.54) is 0 Å². The van der Waals surface area contributed by atoms with Gasteiger partial charge in [0.2, 0.25) is 0 Å². The highest BCUT2D eigenvalue weighted by molar-refractivity contribution is 4.80. The van der Waals surface area contributed by atoms with Crippen LogP contribution in [-0.2, 0) is 0 Å². The molecule has 2 N–H and O–H groups in total. The molecule has 0 amide bonds. The Labute approximate surface area is 74.9 Å². The molecule has 0 fully saturated rings. The van der Waals surface area contributed by atoms with Gasteiger partial charge in [0.25, 0.3) is 0 Å². The van der Waals surface area contributed by atoms with Crippen LogP contribution in [0.25, 0.3) is 0 Å². The zero-order valence-electron chi connectivity index (χ0n) is 8.08. The molecule has 0 spiro atoms. The van der Waals surface area contributed by atoms with Crippen LogP contribution < -0.4 is 0 Å². The average molecular weight is 172 g/mol. The monoisotopic (exact) mass is 172 g/mol. The molecule has 2 atom stereocenters. The maximum atomic E-state index is 9.62. The van der Waals surface area contributed by atoms with Gasteiger partial charge in [-0.05, 0) is 32.6 Å². The predicted molar refractivity (Wildman–Crippen MR) is 51.0 cm³/mol. The summed E-state index contributed by atoms with van der Waals surface area (Å²) in [5, 5.41) is 19.1. The molecule has 0 saturated heterocycles. The first kappa shape index (κ1) is 11.7. The number of rotatable bonds is 6. The van der Waals surface area contributed by atoms with Gasteiger partial charge in [-0.2, -0.15) is 0 Å². The van der Waals surface area contributed by atoms with E-state index in [9.17, 15) is 10.2 Å². The largest absolute Gasteiger partial charge is 0.390 e. The van der Waals surface area contributed by atoms with Crippen LogP contribution in [0.5, 0.6) is 0 Å². The summed E-state index contributed by atoms with van der Waals surface area (Å²) >= 11 is 0. The summed E-state index contributed by atoms with van der Waals surface area (Å²) in [4.78, 5) is 0. The number of allylic oxidation sites excluding steroid dienone is 1. The molecule has 0 aliphatic rings. The number of hydrogen-bond donors (Lipinski definition) is 2. The van der Waals surface area contributed by atoms with Crippen LogP contribution in [-0.4, -0.2) is 21.9 Å². The van der Waals surface area contributed by atoms with Crippen LogP contribution in [0.2, 0.25) is 0 Å². The van der Waals surface area contributed by atoms with Crippen LogP contribution in [0.1, 0.15) is 39.5 Å². The van der Waals surface area contributed by atoms with E-state index in [4.69, 9.17) is 0 Å². The van der Waals surface area contributed by atoms with Crippen molar-refractivity contribution < 1.29 is 10.2 Å². The molecule has 0 aromatic heterocycles. The first-order valence-corrected chi connectivity index (χ1v) is 4.56. The molecule has 0 saturated carbocycles.